The zero-order valence-corrected chi connectivity index (χ0v) is 14.5. The van der Waals surface area contributed by atoms with Crippen LogP contribution in [0.5, 0.6) is 11.5 Å². The number of ether oxygens (including phenoxy) is 2. The lowest BCUT2D eigenvalue weighted by molar-refractivity contribution is -0.121. The molecule has 0 bridgehead atoms. The van der Waals surface area contributed by atoms with Gasteiger partial charge in [0.15, 0.2) is 11.5 Å². The number of hydrogen-bond donors (Lipinski definition) is 1. The largest absolute Gasteiger partial charge is 0.493 e. The fraction of sp³-hybridized carbons (Fsp3) is 0.500. The van der Waals surface area contributed by atoms with Crippen molar-refractivity contribution in [3.63, 3.8) is 0 Å². The van der Waals surface area contributed by atoms with E-state index in [2.05, 4.69) is 14.9 Å². The van der Waals surface area contributed by atoms with E-state index in [0.29, 0.717) is 11.5 Å². The second-order valence-corrected chi connectivity index (χ2v) is 7.12. The summed E-state index contributed by atoms with van der Waals surface area (Å²) in [5.74, 6) is 2.07. The lowest BCUT2D eigenvalue weighted by Gasteiger charge is -2.49. The number of methoxy groups -OCH3 is 2. The molecule has 4 rings (SSSR count). The van der Waals surface area contributed by atoms with Crippen molar-refractivity contribution in [1.82, 2.24) is 9.97 Å². The molecule has 1 spiro atoms. The molecule has 25 heavy (non-hydrogen) atoms. The zero-order valence-electron chi connectivity index (χ0n) is 14.5. The second-order valence-electron chi connectivity index (χ2n) is 7.12. The van der Waals surface area contributed by atoms with Crippen molar-refractivity contribution in [2.75, 3.05) is 32.2 Å². The third kappa shape index (κ3) is 2.54. The average molecular weight is 342 g/mol. The molecule has 2 fully saturated rings. The zero-order chi connectivity index (χ0) is 17.6. The van der Waals surface area contributed by atoms with Crippen molar-refractivity contribution in [2.45, 2.75) is 19.3 Å². The maximum Gasteiger partial charge on any atom is 0.220 e. The van der Waals surface area contributed by atoms with Gasteiger partial charge in [0, 0.05) is 35.9 Å². The number of primary amides is 1. The van der Waals surface area contributed by atoms with E-state index in [1.54, 1.807) is 20.5 Å². The van der Waals surface area contributed by atoms with Crippen LogP contribution in [0, 0.1) is 11.3 Å². The number of rotatable bonds is 4. The summed E-state index contributed by atoms with van der Waals surface area (Å²) < 4.78 is 10.8. The standard InChI is InChI=1S/C18H22N4O3/c1-24-14-5-12-13(6-15(14)25-2)20-10-21-17(12)22-8-18(9-22)4-3-11(7-18)16(19)23/h5-6,10-11H,3-4,7-9H2,1-2H3,(H2,19,23). The van der Waals surface area contributed by atoms with E-state index in [1.807, 2.05) is 12.1 Å². The van der Waals surface area contributed by atoms with E-state index in [0.717, 1.165) is 49.1 Å². The Morgan fingerprint density at radius 1 is 1.24 bits per heavy atom. The molecule has 2 N–H and O–H groups in total. The SMILES string of the molecule is COc1cc2ncnc(N3CC4(CCC(C(N)=O)C4)C3)c2cc1OC. The average Bonchev–Trinajstić information content (AvgIpc) is 3.04. The van der Waals surface area contributed by atoms with E-state index >= 15 is 0 Å². The number of benzene rings is 1. The van der Waals surface area contributed by atoms with Gasteiger partial charge in [0.25, 0.3) is 0 Å². The minimum Gasteiger partial charge on any atom is -0.493 e. The first-order chi connectivity index (χ1) is 12.0. The Bertz CT molecular complexity index is 832. The lowest BCUT2D eigenvalue weighted by atomic mass is 9.77. The van der Waals surface area contributed by atoms with Crippen molar-refractivity contribution >= 4 is 22.6 Å². The number of nitrogens with zero attached hydrogens (tertiary/aromatic N) is 3. The Morgan fingerprint density at radius 2 is 1.96 bits per heavy atom. The van der Waals surface area contributed by atoms with Crippen molar-refractivity contribution in [2.24, 2.45) is 17.1 Å². The molecule has 2 heterocycles. The number of aromatic nitrogens is 2. The van der Waals surface area contributed by atoms with Crippen molar-refractivity contribution in [3.8, 4) is 11.5 Å². The quantitative estimate of drug-likeness (QED) is 0.910. The molecule has 1 aromatic heterocycles. The van der Waals surface area contributed by atoms with Gasteiger partial charge in [-0.2, -0.15) is 0 Å². The van der Waals surface area contributed by atoms with E-state index in [-0.39, 0.29) is 17.2 Å². The van der Waals surface area contributed by atoms with Gasteiger partial charge in [-0.25, -0.2) is 9.97 Å². The molecule has 1 aromatic carbocycles. The molecule has 1 amide bonds. The summed E-state index contributed by atoms with van der Waals surface area (Å²) in [6.45, 7) is 1.80. The molecule has 1 saturated heterocycles. The van der Waals surface area contributed by atoms with Crippen LogP contribution in [-0.2, 0) is 4.79 Å². The summed E-state index contributed by atoms with van der Waals surface area (Å²) in [6, 6.07) is 3.79. The van der Waals surface area contributed by atoms with E-state index < -0.39 is 0 Å². The molecule has 1 unspecified atom stereocenters. The lowest BCUT2D eigenvalue weighted by Crippen LogP contribution is -2.55. The van der Waals surface area contributed by atoms with Crippen LogP contribution in [0.1, 0.15) is 19.3 Å². The number of anilines is 1. The number of hydrogen-bond acceptors (Lipinski definition) is 6. The van der Waals surface area contributed by atoms with Crippen LogP contribution in [0.3, 0.4) is 0 Å². The van der Waals surface area contributed by atoms with E-state index in [9.17, 15) is 4.79 Å². The summed E-state index contributed by atoms with van der Waals surface area (Å²) in [5, 5.41) is 0.944. The van der Waals surface area contributed by atoms with Gasteiger partial charge in [0.2, 0.25) is 5.91 Å². The Labute approximate surface area is 146 Å². The Kier molecular flexibility index (Phi) is 3.67. The highest BCUT2D eigenvalue weighted by molar-refractivity contribution is 5.92. The Balaban J connectivity index is 1.62. The topological polar surface area (TPSA) is 90.6 Å². The smallest absolute Gasteiger partial charge is 0.220 e. The molecule has 1 saturated carbocycles. The summed E-state index contributed by atoms with van der Waals surface area (Å²) >= 11 is 0. The van der Waals surface area contributed by atoms with E-state index in [4.69, 9.17) is 15.2 Å². The number of amides is 1. The van der Waals surface area contributed by atoms with Crippen LogP contribution in [-0.4, -0.2) is 43.2 Å². The van der Waals surface area contributed by atoms with Crippen LogP contribution in [0.15, 0.2) is 18.5 Å². The predicted octanol–water partition coefficient (Wildman–Crippen LogP) is 1.74. The van der Waals surface area contributed by atoms with Crippen LogP contribution < -0.4 is 20.1 Å². The predicted molar refractivity (Wildman–Crippen MR) is 93.8 cm³/mol. The summed E-state index contributed by atoms with van der Waals surface area (Å²) in [5.41, 5.74) is 6.50. The monoisotopic (exact) mass is 342 g/mol. The first-order valence-corrected chi connectivity index (χ1v) is 8.46. The number of carbonyl (C=O) groups is 1. The highest BCUT2D eigenvalue weighted by atomic mass is 16.5. The number of carbonyl (C=O) groups excluding carboxylic acids is 1. The highest BCUT2D eigenvalue weighted by Gasteiger charge is 2.49. The van der Waals surface area contributed by atoms with Gasteiger partial charge in [-0.15, -0.1) is 0 Å². The maximum atomic E-state index is 11.4. The molecule has 1 aliphatic carbocycles. The molecule has 1 atom stereocenters. The molecule has 7 heteroatoms. The third-order valence-electron chi connectivity index (χ3n) is 5.58. The molecule has 2 aliphatic rings. The van der Waals surface area contributed by atoms with Gasteiger partial charge in [-0.3, -0.25) is 4.79 Å². The fourth-order valence-electron chi connectivity index (χ4n) is 4.27. The summed E-state index contributed by atoms with van der Waals surface area (Å²) in [4.78, 5) is 22.5. The molecule has 2 aromatic rings. The molecule has 1 aliphatic heterocycles. The maximum absolute atomic E-state index is 11.4. The van der Waals surface area contributed by atoms with Crippen molar-refractivity contribution < 1.29 is 14.3 Å². The van der Waals surface area contributed by atoms with Gasteiger partial charge >= 0.3 is 0 Å². The molecule has 7 nitrogen and oxygen atoms in total. The third-order valence-corrected chi connectivity index (χ3v) is 5.58. The Hall–Kier alpha value is -2.57. The van der Waals surface area contributed by atoms with E-state index in [1.165, 1.54) is 0 Å². The van der Waals surface area contributed by atoms with Crippen molar-refractivity contribution in [3.05, 3.63) is 18.5 Å². The molecule has 0 radical (unpaired) electrons. The van der Waals surface area contributed by atoms with Crippen molar-refractivity contribution in [1.29, 1.82) is 0 Å². The first kappa shape index (κ1) is 15.9. The van der Waals surface area contributed by atoms with Gasteiger partial charge in [0.1, 0.15) is 12.1 Å². The summed E-state index contributed by atoms with van der Waals surface area (Å²) in [7, 11) is 3.23. The summed E-state index contributed by atoms with van der Waals surface area (Å²) in [6.07, 6.45) is 4.42. The van der Waals surface area contributed by atoms with Crippen LogP contribution >= 0.6 is 0 Å². The van der Waals surface area contributed by atoms with Crippen LogP contribution in [0.25, 0.3) is 10.9 Å². The molecule has 132 valence electrons. The van der Waals surface area contributed by atoms with Gasteiger partial charge in [-0.1, -0.05) is 0 Å². The number of fused-ring (bicyclic) bond motifs is 1. The Morgan fingerprint density at radius 3 is 2.60 bits per heavy atom. The van der Waals surface area contributed by atoms with Gasteiger partial charge < -0.3 is 20.1 Å². The van der Waals surface area contributed by atoms with Crippen LogP contribution in [0.4, 0.5) is 5.82 Å². The number of nitrogens with two attached hydrogens (primary N) is 1. The minimum absolute atomic E-state index is 0.0219. The normalized spacial score (nSPS) is 21.4. The van der Waals surface area contributed by atoms with Gasteiger partial charge in [0.05, 0.1) is 19.7 Å². The molecular formula is C18H22N4O3. The highest BCUT2D eigenvalue weighted by Crippen LogP contribution is 2.50. The minimum atomic E-state index is -0.167. The second kappa shape index (κ2) is 5.75. The first-order valence-electron chi connectivity index (χ1n) is 8.46. The van der Waals surface area contributed by atoms with Crippen LogP contribution in [0.2, 0.25) is 0 Å². The fourth-order valence-corrected chi connectivity index (χ4v) is 4.27. The van der Waals surface area contributed by atoms with Gasteiger partial charge in [-0.05, 0) is 25.3 Å². The molecular weight excluding hydrogens is 320 g/mol.